The average Bonchev–Trinajstić information content (AvgIpc) is 3.00. The first kappa shape index (κ1) is 16.1. The largest absolute Gasteiger partial charge is 1.00 e. The second kappa shape index (κ2) is 7.64. The van der Waals surface area contributed by atoms with Gasteiger partial charge in [-0.25, -0.2) is 0 Å². The number of hydrogen-bond donors (Lipinski definition) is 1. The quantitative estimate of drug-likeness (QED) is 0.777. The molecule has 1 atom stereocenters. The summed E-state index contributed by atoms with van der Waals surface area (Å²) in [6.45, 7) is 2.90. The van der Waals surface area contributed by atoms with Crippen molar-refractivity contribution in [1.82, 2.24) is 0 Å². The fourth-order valence-electron chi connectivity index (χ4n) is 2.96. The summed E-state index contributed by atoms with van der Waals surface area (Å²) in [5, 5.41) is 4.89. The van der Waals surface area contributed by atoms with E-state index >= 15 is 0 Å². The molecular weight excluding hydrogens is 286 g/mol. The molecule has 2 aromatic rings. The minimum Gasteiger partial charge on any atom is -1.00 e. The van der Waals surface area contributed by atoms with Crippen LogP contribution in [-0.4, -0.2) is 26.4 Å². The van der Waals surface area contributed by atoms with Gasteiger partial charge < -0.3 is 27.2 Å². The zero-order chi connectivity index (χ0) is 13.8. The molecule has 2 N–H and O–H groups in total. The predicted octanol–water partition coefficient (Wildman–Crippen LogP) is -0.905. The summed E-state index contributed by atoms with van der Waals surface area (Å²) >= 11 is 0. The van der Waals surface area contributed by atoms with Gasteiger partial charge in [-0.2, -0.15) is 0 Å². The Labute approximate surface area is 132 Å². The van der Waals surface area contributed by atoms with E-state index in [2.05, 4.69) is 41.7 Å². The number of halogens is 1. The number of nitrogens with two attached hydrogens (primary N) is 1. The lowest BCUT2D eigenvalue weighted by Crippen LogP contribution is -3.00. The highest BCUT2D eigenvalue weighted by Crippen LogP contribution is 2.27. The van der Waals surface area contributed by atoms with Crippen LogP contribution in [0.4, 0.5) is 0 Å². The highest BCUT2D eigenvalue weighted by Gasteiger charge is 2.17. The van der Waals surface area contributed by atoms with Gasteiger partial charge in [0.1, 0.15) is 24.9 Å². The number of benzene rings is 2. The molecule has 1 aliphatic heterocycles. The molecule has 0 bridgehead atoms. The minimum atomic E-state index is 0. The summed E-state index contributed by atoms with van der Waals surface area (Å²) in [5.74, 6) is 0.979. The van der Waals surface area contributed by atoms with Crippen molar-refractivity contribution in [2.45, 2.75) is 25.5 Å². The maximum Gasteiger partial charge on any atom is 0.128 e. The molecule has 1 fully saturated rings. The van der Waals surface area contributed by atoms with Crippen molar-refractivity contribution in [2.75, 3.05) is 20.3 Å². The van der Waals surface area contributed by atoms with E-state index < -0.39 is 0 Å². The number of methoxy groups -OCH3 is 1. The Morgan fingerprint density at radius 3 is 2.86 bits per heavy atom. The number of ether oxygens (including phenoxy) is 2. The molecule has 1 saturated heterocycles. The van der Waals surface area contributed by atoms with E-state index in [4.69, 9.17) is 9.47 Å². The van der Waals surface area contributed by atoms with Gasteiger partial charge in [0.25, 0.3) is 0 Å². The van der Waals surface area contributed by atoms with Crippen LogP contribution in [0.3, 0.4) is 0 Å². The Morgan fingerprint density at radius 1 is 1.24 bits per heavy atom. The zero-order valence-corrected chi connectivity index (χ0v) is 13.1. The number of hydrogen-bond acceptors (Lipinski definition) is 2. The van der Waals surface area contributed by atoms with Crippen molar-refractivity contribution in [3.8, 4) is 5.75 Å². The van der Waals surface area contributed by atoms with Gasteiger partial charge in [0.05, 0.1) is 12.7 Å². The SMILES string of the molecule is COc1ccc2ccccc2c1C[NH2+]CC1CCCO1.[Cl-]. The Bertz CT molecular complexity index is 582. The van der Waals surface area contributed by atoms with Crippen molar-refractivity contribution in [2.24, 2.45) is 0 Å². The lowest BCUT2D eigenvalue weighted by Gasteiger charge is -2.13. The first-order chi connectivity index (χ1) is 9.88. The molecule has 0 spiro atoms. The van der Waals surface area contributed by atoms with Gasteiger partial charge in [-0.3, -0.25) is 0 Å². The third-order valence-electron chi connectivity index (χ3n) is 4.02. The minimum absolute atomic E-state index is 0. The van der Waals surface area contributed by atoms with Crippen LogP contribution in [0.25, 0.3) is 10.8 Å². The molecular formula is C17H22ClNO2. The Balaban J connectivity index is 0.00000161. The van der Waals surface area contributed by atoms with Gasteiger partial charge >= 0.3 is 0 Å². The molecule has 0 aromatic heterocycles. The van der Waals surface area contributed by atoms with E-state index in [0.29, 0.717) is 6.10 Å². The molecule has 2 aromatic carbocycles. The summed E-state index contributed by atoms with van der Waals surface area (Å²) in [6, 6.07) is 12.7. The van der Waals surface area contributed by atoms with Gasteiger partial charge in [0.2, 0.25) is 0 Å². The lowest BCUT2D eigenvalue weighted by atomic mass is 10.0. The second-order valence-electron chi connectivity index (χ2n) is 5.33. The molecule has 0 saturated carbocycles. The number of fused-ring (bicyclic) bond motifs is 1. The predicted molar refractivity (Wildman–Crippen MR) is 80.0 cm³/mol. The van der Waals surface area contributed by atoms with E-state index in [9.17, 15) is 0 Å². The van der Waals surface area contributed by atoms with Crippen LogP contribution < -0.4 is 22.5 Å². The molecule has 0 amide bonds. The van der Waals surface area contributed by atoms with E-state index in [1.165, 1.54) is 29.2 Å². The highest BCUT2D eigenvalue weighted by molar-refractivity contribution is 5.87. The molecule has 1 unspecified atom stereocenters. The second-order valence-corrected chi connectivity index (χ2v) is 5.33. The summed E-state index contributed by atoms with van der Waals surface area (Å²) in [6.07, 6.45) is 2.83. The van der Waals surface area contributed by atoms with Crippen LogP contribution >= 0.6 is 0 Å². The van der Waals surface area contributed by atoms with Crippen LogP contribution in [0, 0.1) is 0 Å². The summed E-state index contributed by atoms with van der Waals surface area (Å²) < 4.78 is 11.2. The third kappa shape index (κ3) is 3.67. The third-order valence-corrected chi connectivity index (χ3v) is 4.02. The molecule has 1 heterocycles. The van der Waals surface area contributed by atoms with E-state index in [-0.39, 0.29) is 12.4 Å². The van der Waals surface area contributed by atoms with Gasteiger partial charge in [-0.15, -0.1) is 0 Å². The topological polar surface area (TPSA) is 35.1 Å². The first-order valence-electron chi connectivity index (χ1n) is 7.36. The van der Waals surface area contributed by atoms with Crippen molar-refractivity contribution in [3.63, 3.8) is 0 Å². The maximum absolute atomic E-state index is 5.67. The molecule has 3 rings (SSSR count). The molecule has 3 nitrogen and oxygen atoms in total. The van der Waals surface area contributed by atoms with Gasteiger partial charge in [0, 0.05) is 6.61 Å². The van der Waals surface area contributed by atoms with Crippen LogP contribution in [0.5, 0.6) is 5.75 Å². The zero-order valence-electron chi connectivity index (χ0n) is 12.3. The lowest BCUT2D eigenvalue weighted by molar-refractivity contribution is -0.676. The van der Waals surface area contributed by atoms with Gasteiger partial charge in [-0.05, 0) is 29.7 Å². The Kier molecular flexibility index (Phi) is 5.85. The first-order valence-corrected chi connectivity index (χ1v) is 7.36. The molecule has 1 aliphatic rings. The van der Waals surface area contributed by atoms with Crippen molar-refractivity contribution in [3.05, 3.63) is 42.0 Å². The Hall–Kier alpha value is -1.29. The van der Waals surface area contributed by atoms with Crippen molar-refractivity contribution < 1.29 is 27.2 Å². The monoisotopic (exact) mass is 307 g/mol. The standard InChI is InChI=1S/C17H21NO2.ClH/c1-19-17-9-8-13-5-2-3-7-15(13)16(17)12-18-11-14-6-4-10-20-14;/h2-3,5,7-9,14,18H,4,6,10-12H2,1H3;1H. The van der Waals surface area contributed by atoms with Crippen molar-refractivity contribution in [1.29, 1.82) is 0 Å². The van der Waals surface area contributed by atoms with Crippen molar-refractivity contribution >= 4 is 10.8 Å². The van der Waals surface area contributed by atoms with Gasteiger partial charge in [0.15, 0.2) is 0 Å². The van der Waals surface area contributed by atoms with E-state index in [1.807, 2.05) is 0 Å². The van der Waals surface area contributed by atoms with E-state index in [1.54, 1.807) is 7.11 Å². The summed E-state index contributed by atoms with van der Waals surface area (Å²) in [4.78, 5) is 0. The van der Waals surface area contributed by atoms with Gasteiger partial charge in [-0.1, -0.05) is 30.3 Å². The molecule has 0 radical (unpaired) electrons. The van der Waals surface area contributed by atoms with Crippen LogP contribution in [0.1, 0.15) is 18.4 Å². The van der Waals surface area contributed by atoms with Crippen LogP contribution in [0.15, 0.2) is 36.4 Å². The fourth-order valence-corrected chi connectivity index (χ4v) is 2.96. The molecule has 4 heteroatoms. The van der Waals surface area contributed by atoms with Crippen LogP contribution in [-0.2, 0) is 11.3 Å². The van der Waals surface area contributed by atoms with Crippen LogP contribution in [0.2, 0.25) is 0 Å². The maximum atomic E-state index is 5.67. The number of quaternary nitrogens is 1. The molecule has 21 heavy (non-hydrogen) atoms. The Morgan fingerprint density at radius 2 is 2.10 bits per heavy atom. The summed E-state index contributed by atoms with van der Waals surface area (Å²) in [5.41, 5.74) is 1.28. The number of rotatable bonds is 5. The molecule has 114 valence electrons. The average molecular weight is 308 g/mol. The highest BCUT2D eigenvalue weighted by atomic mass is 35.5. The fraction of sp³-hybridized carbons (Fsp3) is 0.412. The summed E-state index contributed by atoms with van der Waals surface area (Å²) in [7, 11) is 1.74. The molecule has 0 aliphatic carbocycles. The smallest absolute Gasteiger partial charge is 0.128 e. The normalized spacial score (nSPS) is 17.7. The van der Waals surface area contributed by atoms with E-state index in [0.717, 1.165) is 25.4 Å².